The topological polar surface area (TPSA) is 53.7 Å². The second-order valence-corrected chi connectivity index (χ2v) is 10.5. The van der Waals surface area contributed by atoms with Gasteiger partial charge in [0.1, 0.15) is 17.2 Å². The van der Waals surface area contributed by atoms with Crippen molar-refractivity contribution in [2.75, 3.05) is 19.8 Å². The van der Waals surface area contributed by atoms with Crippen LogP contribution >= 0.6 is 11.6 Å². The van der Waals surface area contributed by atoms with Gasteiger partial charge in [0, 0.05) is 61.5 Å². The lowest BCUT2D eigenvalue weighted by molar-refractivity contribution is 0.0727. The molecule has 2 aliphatic rings. The molecular weight excluding hydrogens is 494 g/mol. The van der Waals surface area contributed by atoms with Gasteiger partial charge in [-0.25, -0.2) is 9.37 Å². The van der Waals surface area contributed by atoms with Crippen LogP contribution < -0.4 is 0 Å². The average Bonchev–Trinajstić information content (AvgIpc) is 3.17. The Hall–Kier alpha value is -3.29. The summed E-state index contributed by atoms with van der Waals surface area (Å²) in [5.74, 6) is -0.0630. The van der Waals surface area contributed by atoms with Crippen molar-refractivity contribution in [2.24, 2.45) is 5.92 Å². The van der Waals surface area contributed by atoms with E-state index in [-0.39, 0.29) is 24.2 Å². The Kier molecular flexibility index (Phi) is 6.21. The maximum Gasteiger partial charge on any atom is 0.148 e. The fourth-order valence-corrected chi connectivity index (χ4v) is 6.00. The number of phenols is 1. The maximum atomic E-state index is 16.1. The van der Waals surface area contributed by atoms with E-state index in [2.05, 4.69) is 9.88 Å². The molecule has 3 aromatic heterocycles. The van der Waals surface area contributed by atoms with Crippen LogP contribution in [0.2, 0.25) is 5.02 Å². The van der Waals surface area contributed by atoms with Crippen LogP contribution in [0.5, 0.6) is 5.75 Å². The minimum atomic E-state index is -0.353. The molecule has 0 bridgehead atoms. The number of nitrogens with zero attached hydrogens (tertiary/aromatic N) is 4. The van der Waals surface area contributed by atoms with Crippen LogP contribution in [0, 0.1) is 18.7 Å². The van der Waals surface area contributed by atoms with Crippen LogP contribution in [0.1, 0.15) is 46.4 Å². The Morgan fingerprint density at radius 1 is 1.14 bits per heavy atom. The van der Waals surface area contributed by atoms with Gasteiger partial charge in [-0.1, -0.05) is 17.7 Å². The molecule has 0 atom stereocenters. The van der Waals surface area contributed by atoms with Crippen molar-refractivity contribution in [1.29, 1.82) is 0 Å². The van der Waals surface area contributed by atoms with Crippen LogP contribution in [-0.4, -0.2) is 44.1 Å². The van der Waals surface area contributed by atoms with Crippen molar-refractivity contribution in [3.63, 3.8) is 0 Å². The number of alkyl halides is 1. The zero-order valence-electron chi connectivity index (χ0n) is 20.5. The first-order chi connectivity index (χ1) is 17.9. The van der Waals surface area contributed by atoms with Crippen molar-refractivity contribution in [1.82, 2.24) is 19.3 Å². The first kappa shape index (κ1) is 24.1. The van der Waals surface area contributed by atoms with E-state index in [0.717, 1.165) is 65.0 Å². The van der Waals surface area contributed by atoms with Gasteiger partial charge in [-0.15, -0.1) is 0 Å². The largest absolute Gasteiger partial charge is 0.508 e. The standard InChI is InChI=1S/C29H27ClF2N4O/c1-17-27(26(32)16-36-15-20(34-29(17)36)14-35-12-18(10-31)13-35)28-22-6-5-21(37)9-19(22)3-2-4-24(28)23-7-8-33-11-25(23)30/h5-9,11,15-16,18,37H,2-4,10,12-14H2,1H3. The number of halogens is 3. The molecule has 1 aromatic carbocycles. The van der Waals surface area contributed by atoms with Crippen molar-refractivity contribution >= 4 is 28.4 Å². The highest BCUT2D eigenvalue weighted by Crippen LogP contribution is 2.44. The number of rotatable bonds is 5. The van der Waals surface area contributed by atoms with Gasteiger partial charge in [-0.3, -0.25) is 14.3 Å². The van der Waals surface area contributed by atoms with Gasteiger partial charge in [0.25, 0.3) is 0 Å². The Balaban J connectivity index is 1.55. The zero-order chi connectivity index (χ0) is 25.7. The minimum absolute atomic E-state index is 0.0999. The summed E-state index contributed by atoms with van der Waals surface area (Å²) in [6.07, 6.45) is 8.94. The van der Waals surface area contributed by atoms with Gasteiger partial charge in [0.2, 0.25) is 0 Å². The van der Waals surface area contributed by atoms with Crippen LogP contribution in [0.3, 0.4) is 0 Å². The number of pyridine rings is 2. The molecule has 0 spiro atoms. The smallest absolute Gasteiger partial charge is 0.148 e. The third-order valence-electron chi connectivity index (χ3n) is 7.50. The second-order valence-electron chi connectivity index (χ2n) is 10.1. The fraction of sp³-hybridized carbons (Fsp3) is 0.310. The Morgan fingerprint density at radius 2 is 1.97 bits per heavy atom. The summed E-state index contributed by atoms with van der Waals surface area (Å²) in [6.45, 7) is 3.65. The molecular formula is C29H27ClF2N4O. The molecule has 1 saturated heterocycles. The summed E-state index contributed by atoms with van der Waals surface area (Å²) in [7, 11) is 0. The predicted molar refractivity (Wildman–Crippen MR) is 141 cm³/mol. The second kappa shape index (κ2) is 9.54. The van der Waals surface area contributed by atoms with E-state index in [1.54, 1.807) is 28.9 Å². The molecule has 1 aliphatic heterocycles. The van der Waals surface area contributed by atoms with Crippen molar-refractivity contribution in [3.8, 4) is 5.75 Å². The molecule has 6 rings (SSSR count). The number of likely N-dealkylation sites (tertiary alicyclic amines) is 1. The Labute approximate surface area is 219 Å². The summed E-state index contributed by atoms with van der Waals surface area (Å²) in [4.78, 5) is 11.1. The highest BCUT2D eigenvalue weighted by molar-refractivity contribution is 6.32. The average molecular weight is 521 g/mol. The van der Waals surface area contributed by atoms with Gasteiger partial charge in [-0.05, 0) is 72.2 Å². The quantitative estimate of drug-likeness (QED) is 0.339. The number of aromatic hydroxyl groups is 1. The molecule has 1 N–H and O–H groups in total. The van der Waals surface area contributed by atoms with Crippen LogP contribution in [0.25, 0.3) is 16.8 Å². The van der Waals surface area contributed by atoms with E-state index < -0.39 is 0 Å². The van der Waals surface area contributed by atoms with E-state index in [1.807, 2.05) is 25.3 Å². The lowest BCUT2D eigenvalue weighted by Crippen LogP contribution is -2.46. The minimum Gasteiger partial charge on any atom is -0.508 e. The van der Waals surface area contributed by atoms with Crippen molar-refractivity contribution in [3.05, 3.63) is 93.4 Å². The van der Waals surface area contributed by atoms with E-state index >= 15 is 4.39 Å². The molecule has 0 radical (unpaired) electrons. The number of aryl methyl sites for hydroxylation is 2. The van der Waals surface area contributed by atoms with Gasteiger partial charge in [-0.2, -0.15) is 0 Å². The highest BCUT2D eigenvalue weighted by atomic mass is 35.5. The van der Waals surface area contributed by atoms with E-state index in [1.165, 1.54) is 6.20 Å². The van der Waals surface area contributed by atoms with E-state index in [0.29, 0.717) is 29.2 Å². The highest BCUT2D eigenvalue weighted by Gasteiger charge is 2.29. The van der Waals surface area contributed by atoms with Crippen molar-refractivity contribution in [2.45, 2.75) is 32.7 Å². The molecule has 0 saturated carbocycles. The summed E-state index contributed by atoms with van der Waals surface area (Å²) < 4.78 is 30.7. The van der Waals surface area contributed by atoms with Gasteiger partial charge in [0.15, 0.2) is 0 Å². The predicted octanol–water partition coefficient (Wildman–Crippen LogP) is 6.23. The molecule has 5 nitrogen and oxygen atoms in total. The number of fused-ring (bicyclic) bond motifs is 2. The lowest BCUT2D eigenvalue weighted by Gasteiger charge is -2.37. The van der Waals surface area contributed by atoms with Crippen LogP contribution in [-0.2, 0) is 13.0 Å². The van der Waals surface area contributed by atoms with Gasteiger partial charge < -0.3 is 9.51 Å². The Bertz CT molecular complexity index is 1540. The molecule has 0 unspecified atom stereocenters. The zero-order valence-corrected chi connectivity index (χ0v) is 21.3. The third kappa shape index (κ3) is 4.30. The summed E-state index contributed by atoms with van der Waals surface area (Å²) in [5.41, 5.74) is 7.14. The fourth-order valence-electron chi connectivity index (χ4n) is 5.76. The SMILES string of the molecule is Cc1c(C2=C(c3ccncc3Cl)CCCc3cc(O)ccc32)c(F)cn2cc(CN3CC(CF)C3)nc12. The van der Waals surface area contributed by atoms with Crippen LogP contribution in [0.15, 0.2) is 49.1 Å². The van der Waals surface area contributed by atoms with Crippen molar-refractivity contribution < 1.29 is 13.9 Å². The lowest BCUT2D eigenvalue weighted by atomic mass is 9.86. The van der Waals surface area contributed by atoms with E-state index in [4.69, 9.17) is 16.6 Å². The number of benzene rings is 1. The summed E-state index contributed by atoms with van der Waals surface area (Å²) in [5, 5.41) is 10.7. The number of phenolic OH excluding ortho intramolecular Hbond substituents is 1. The normalized spacial score (nSPS) is 16.6. The maximum absolute atomic E-state index is 16.1. The number of aromatic nitrogens is 3. The summed E-state index contributed by atoms with van der Waals surface area (Å²) >= 11 is 6.61. The number of hydrogen-bond donors (Lipinski definition) is 1. The molecule has 4 aromatic rings. The number of hydrogen-bond acceptors (Lipinski definition) is 4. The van der Waals surface area contributed by atoms with Gasteiger partial charge >= 0.3 is 0 Å². The number of allylic oxidation sites excluding steroid dienone is 1. The van der Waals surface area contributed by atoms with E-state index in [9.17, 15) is 9.50 Å². The molecule has 37 heavy (non-hydrogen) atoms. The Morgan fingerprint density at radius 3 is 2.76 bits per heavy atom. The monoisotopic (exact) mass is 520 g/mol. The molecule has 1 fully saturated rings. The van der Waals surface area contributed by atoms with Gasteiger partial charge in [0.05, 0.1) is 17.4 Å². The van der Waals surface area contributed by atoms with Crippen LogP contribution in [0.4, 0.5) is 8.78 Å². The molecule has 1 aliphatic carbocycles. The first-order valence-electron chi connectivity index (χ1n) is 12.5. The molecule has 0 amide bonds. The summed E-state index contributed by atoms with van der Waals surface area (Å²) in [6, 6.07) is 7.16. The number of imidazole rings is 1. The third-order valence-corrected chi connectivity index (χ3v) is 7.80. The molecule has 4 heterocycles. The molecule has 190 valence electrons. The molecule has 8 heteroatoms. The first-order valence-corrected chi connectivity index (χ1v) is 12.9.